The van der Waals surface area contributed by atoms with Crippen LogP contribution in [0.4, 0.5) is 18.3 Å². The standard InChI is InChI=1S/C21H15F3N4O3S/c1-12-9-16(29)18(27-28(12)13-5-3-2-4-6-13)19(30)26-20-25-15-8-7-14(10-17(15)32-20)31-11-21(22,23)24/h2-10H,11H2,1H3,(H,25,26,30). The molecule has 0 radical (unpaired) electrons. The molecular formula is C21H15F3N4O3S. The summed E-state index contributed by atoms with van der Waals surface area (Å²) in [6, 6.07) is 14.6. The smallest absolute Gasteiger partial charge is 0.422 e. The van der Waals surface area contributed by atoms with E-state index in [1.54, 1.807) is 19.1 Å². The van der Waals surface area contributed by atoms with E-state index in [9.17, 15) is 22.8 Å². The molecule has 2 aromatic carbocycles. The van der Waals surface area contributed by atoms with Crippen molar-refractivity contribution in [3.8, 4) is 11.4 Å². The van der Waals surface area contributed by atoms with Gasteiger partial charge in [-0.25, -0.2) is 9.67 Å². The zero-order chi connectivity index (χ0) is 22.9. The number of nitrogens with zero attached hydrogens (tertiary/aromatic N) is 3. The molecule has 0 fully saturated rings. The Morgan fingerprint density at radius 2 is 1.91 bits per heavy atom. The molecule has 0 atom stereocenters. The van der Waals surface area contributed by atoms with Gasteiger partial charge < -0.3 is 4.74 Å². The van der Waals surface area contributed by atoms with Gasteiger partial charge in [0.25, 0.3) is 5.91 Å². The maximum absolute atomic E-state index is 12.7. The topological polar surface area (TPSA) is 86.1 Å². The molecule has 32 heavy (non-hydrogen) atoms. The summed E-state index contributed by atoms with van der Waals surface area (Å²) in [5.41, 5.74) is 0.849. The molecule has 0 aliphatic heterocycles. The lowest BCUT2D eigenvalue weighted by Crippen LogP contribution is -2.26. The molecule has 2 heterocycles. The summed E-state index contributed by atoms with van der Waals surface area (Å²) >= 11 is 1.04. The number of carbonyl (C=O) groups is 1. The summed E-state index contributed by atoms with van der Waals surface area (Å²) < 4.78 is 43.8. The van der Waals surface area contributed by atoms with Gasteiger partial charge in [-0.2, -0.15) is 18.3 Å². The summed E-state index contributed by atoms with van der Waals surface area (Å²) in [5, 5.41) is 6.90. The zero-order valence-electron chi connectivity index (χ0n) is 16.5. The van der Waals surface area contributed by atoms with Crippen molar-refractivity contribution in [2.24, 2.45) is 0 Å². The number of anilines is 1. The highest BCUT2D eigenvalue weighted by molar-refractivity contribution is 7.22. The van der Waals surface area contributed by atoms with Gasteiger partial charge in [0.2, 0.25) is 5.43 Å². The van der Waals surface area contributed by atoms with Crippen molar-refractivity contribution in [3.63, 3.8) is 0 Å². The predicted octanol–water partition coefficient (Wildman–Crippen LogP) is 4.34. The van der Waals surface area contributed by atoms with Gasteiger partial charge in [0.15, 0.2) is 17.4 Å². The number of hydrogen-bond donors (Lipinski definition) is 1. The fourth-order valence-electron chi connectivity index (χ4n) is 2.90. The molecule has 7 nitrogen and oxygen atoms in total. The van der Waals surface area contributed by atoms with Crippen molar-refractivity contribution in [2.75, 3.05) is 11.9 Å². The van der Waals surface area contributed by atoms with Crippen LogP contribution in [0, 0.1) is 6.92 Å². The molecule has 4 rings (SSSR count). The Morgan fingerprint density at radius 3 is 2.62 bits per heavy atom. The number of nitrogens with one attached hydrogen (secondary N) is 1. The molecule has 0 saturated heterocycles. The molecule has 2 aromatic heterocycles. The first kappa shape index (κ1) is 21.5. The SMILES string of the molecule is Cc1cc(=O)c(C(=O)Nc2nc3ccc(OCC(F)(F)F)cc3s2)nn1-c1ccccc1. The van der Waals surface area contributed by atoms with E-state index in [4.69, 9.17) is 4.74 Å². The van der Waals surface area contributed by atoms with E-state index in [0.29, 0.717) is 21.6 Å². The molecule has 0 unspecified atom stereocenters. The highest BCUT2D eigenvalue weighted by Crippen LogP contribution is 2.30. The average Bonchev–Trinajstić information content (AvgIpc) is 3.13. The number of benzene rings is 2. The highest BCUT2D eigenvalue weighted by atomic mass is 32.1. The van der Waals surface area contributed by atoms with Crippen LogP contribution in [0.3, 0.4) is 0 Å². The van der Waals surface area contributed by atoms with Crippen LogP contribution in [0.5, 0.6) is 5.75 Å². The maximum Gasteiger partial charge on any atom is 0.422 e. The lowest BCUT2D eigenvalue weighted by molar-refractivity contribution is -0.153. The fraction of sp³-hybridized carbons (Fsp3) is 0.143. The minimum Gasteiger partial charge on any atom is -0.484 e. The molecule has 4 aromatic rings. The number of ether oxygens (including phenoxy) is 1. The first-order valence-electron chi connectivity index (χ1n) is 9.27. The Labute approximate surface area is 183 Å². The molecule has 0 spiro atoms. The van der Waals surface area contributed by atoms with Crippen LogP contribution in [0.25, 0.3) is 15.9 Å². The Balaban J connectivity index is 1.58. The largest absolute Gasteiger partial charge is 0.484 e. The third-order valence-electron chi connectivity index (χ3n) is 4.31. The number of halogens is 3. The summed E-state index contributed by atoms with van der Waals surface area (Å²) in [7, 11) is 0. The molecule has 1 amide bonds. The van der Waals surface area contributed by atoms with Crippen LogP contribution in [-0.4, -0.2) is 33.5 Å². The van der Waals surface area contributed by atoms with E-state index in [0.717, 1.165) is 11.3 Å². The van der Waals surface area contributed by atoms with Crippen LogP contribution in [-0.2, 0) is 0 Å². The van der Waals surface area contributed by atoms with Crippen molar-refractivity contribution in [1.82, 2.24) is 14.8 Å². The second kappa shape index (κ2) is 8.42. The number of thiazole rings is 1. The summed E-state index contributed by atoms with van der Waals surface area (Å²) in [6.45, 7) is 0.294. The molecule has 1 N–H and O–H groups in total. The van der Waals surface area contributed by atoms with Gasteiger partial charge in [0.1, 0.15) is 5.75 Å². The summed E-state index contributed by atoms with van der Waals surface area (Å²) in [5.74, 6) is -0.713. The van der Waals surface area contributed by atoms with Gasteiger partial charge >= 0.3 is 6.18 Å². The predicted molar refractivity (Wildman–Crippen MR) is 114 cm³/mol. The Kier molecular flexibility index (Phi) is 5.66. The van der Waals surface area contributed by atoms with Crippen molar-refractivity contribution >= 4 is 32.6 Å². The number of fused-ring (bicyclic) bond motifs is 1. The summed E-state index contributed by atoms with van der Waals surface area (Å²) in [4.78, 5) is 29.3. The van der Waals surface area contributed by atoms with Crippen molar-refractivity contribution < 1.29 is 22.7 Å². The molecule has 0 aliphatic carbocycles. The van der Waals surface area contributed by atoms with E-state index >= 15 is 0 Å². The number of rotatable bonds is 5. The van der Waals surface area contributed by atoms with E-state index in [1.807, 2.05) is 18.2 Å². The lowest BCUT2D eigenvalue weighted by atomic mass is 10.2. The molecule has 0 bridgehead atoms. The number of para-hydroxylation sites is 1. The number of carbonyl (C=O) groups excluding carboxylic acids is 1. The van der Waals surface area contributed by atoms with E-state index in [-0.39, 0.29) is 16.6 Å². The fourth-order valence-corrected chi connectivity index (χ4v) is 3.79. The van der Waals surface area contributed by atoms with Gasteiger partial charge in [-0.3, -0.25) is 14.9 Å². The Bertz CT molecular complexity index is 1350. The minimum absolute atomic E-state index is 0.0299. The maximum atomic E-state index is 12.7. The van der Waals surface area contributed by atoms with Gasteiger partial charge in [-0.1, -0.05) is 29.5 Å². The van der Waals surface area contributed by atoms with Crippen molar-refractivity contribution in [2.45, 2.75) is 13.1 Å². The first-order chi connectivity index (χ1) is 15.2. The number of alkyl halides is 3. The van der Waals surface area contributed by atoms with Gasteiger partial charge in [-0.15, -0.1) is 0 Å². The average molecular weight is 460 g/mol. The first-order valence-corrected chi connectivity index (χ1v) is 10.1. The third kappa shape index (κ3) is 4.78. The normalized spacial score (nSPS) is 11.5. The van der Waals surface area contributed by atoms with Gasteiger partial charge in [0, 0.05) is 11.8 Å². The highest BCUT2D eigenvalue weighted by Gasteiger charge is 2.28. The van der Waals surface area contributed by atoms with Gasteiger partial charge in [0.05, 0.1) is 15.9 Å². The molecule has 164 valence electrons. The zero-order valence-corrected chi connectivity index (χ0v) is 17.3. The number of hydrogen-bond acceptors (Lipinski definition) is 6. The number of aryl methyl sites for hydroxylation is 1. The van der Waals surface area contributed by atoms with Gasteiger partial charge in [-0.05, 0) is 37.3 Å². The van der Waals surface area contributed by atoms with Crippen LogP contribution >= 0.6 is 11.3 Å². The number of amides is 1. The van der Waals surface area contributed by atoms with Crippen LogP contribution < -0.4 is 15.5 Å². The quantitative estimate of drug-likeness (QED) is 0.479. The van der Waals surface area contributed by atoms with E-state index in [2.05, 4.69) is 15.4 Å². The Hall–Kier alpha value is -3.73. The Morgan fingerprint density at radius 1 is 1.16 bits per heavy atom. The molecule has 0 aliphatic rings. The summed E-state index contributed by atoms with van der Waals surface area (Å²) in [6.07, 6.45) is -4.45. The molecule has 0 saturated carbocycles. The lowest BCUT2D eigenvalue weighted by Gasteiger charge is -2.10. The van der Waals surface area contributed by atoms with Crippen LogP contribution in [0.1, 0.15) is 16.2 Å². The molecule has 11 heteroatoms. The molecular weight excluding hydrogens is 445 g/mol. The van der Waals surface area contributed by atoms with Crippen LogP contribution in [0.2, 0.25) is 0 Å². The monoisotopic (exact) mass is 460 g/mol. The van der Waals surface area contributed by atoms with Crippen molar-refractivity contribution in [3.05, 3.63) is 76.2 Å². The third-order valence-corrected chi connectivity index (χ3v) is 5.24. The number of aromatic nitrogens is 3. The minimum atomic E-state index is -4.45. The van der Waals surface area contributed by atoms with Crippen molar-refractivity contribution in [1.29, 1.82) is 0 Å². The van der Waals surface area contributed by atoms with Crippen LogP contribution in [0.15, 0.2) is 59.4 Å². The second-order valence-electron chi connectivity index (χ2n) is 6.75. The van der Waals surface area contributed by atoms with E-state index < -0.39 is 24.1 Å². The van der Waals surface area contributed by atoms with E-state index in [1.165, 1.54) is 28.9 Å². The second-order valence-corrected chi connectivity index (χ2v) is 7.78.